The predicted octanol–water partition coefficient (Wildman–Crippen LogP) is 14.0. The molecular weight excluding hydrogens is 727 g/mol. The average molecular weight is 756 g/mol. The first-order chi connectivity index (χ1) is 29.2. The molecule has 0 aliphatic carbocycles. The van der Waals surface area contributed by atoms with Crippen molar-refractivity contribution in [2.75, 3.05) is 0 Å². The number of benzene rings is 8. The highest BCUT2D eigenvalue weighted by atomic mass is 16.3. The van der Waals surface area contributed by atoms with E-state index < -0.39 is 0 Å². The SMILES string of the molecule is [C-]#[N+]c1cc(-c2cc(-c3nc(-c4ccccc4)nc(-c4cccc5c4c4ccccc4n5-c4ccccc4)n3)cc3c2oc2ccccc23)c2oc3ccccc3c2c1. The summed E-state index contributed by atoms with van der Waals surface area (Å²) in [4.78, 5) is 19.7. The maximum Gasteiger partial charge on any atom is 0.188 e. The summed E-state index contributed by atoms with van der Waals surface area (Å²) in [7, 11) is 0. The number of fused-ring (bicyclic) bond motifs is 9. The third-order valence-corrected chi connectivity index (χ3v) is 11.2. The van der Waals surface area contributed by atoms with Gasteiger partial charge in [0.2, 0.25) is 0 Å². The van der Waals surface area contributed by atoms with Crippen LogP contribution in [0.25, 0.3) is 122 Å². The standard InChI is InChI=1S/C52H29N5O2/c1-53-33-29-41-36-20-10-13-26-46(36)59-49(41)42(30-33)40-28-32(27-39-35-19-9-12-25-45(35)58-48(39)40)51-54-50(31-15-4-2-5-16-31)55-52(56-51)38-22-14-24-44-47(38)37-21-8-11-23-43(37)57(44)34-17-6-3-7-18-34/h2-30H. The first kappa shape index (κ1) is 32.9. The maximum atomic E-state index is 8.08. The molecule has 0 unspecified atom stereocenters. The van der Waals surface area contributed by atoms with E-state index >= 15 is 0 Å². The van der Waals surface area contributed by atoms with Crippen LogP contribution in [0.15, 0.2) is 185 Å². The number of para-hydroxylation sites is 4. The highest BCUT2D eigenvalue weighted by Gasteiger charge is 2.23. The number of rotatable bonds is 5. The summed E-state index contributed by atoms with van der Waals surface area (Å²) in [6.45, 7) is 8.08. The smallest absolute Gasteiger partial charge is 0.188 e. The highest BCUT2D eigenvalue weighted by Crippen LogP contribution is 2.45. The summed E-state index contributed by atoms with van der Waals surface area (Å²) >= 11 is 0. The fourth-order valence-electron chi connectivity index (χ4n) is 8.64. The van der Waals surface area contributed by atoms with E-state index in [4.69, 9.17) is 30.4 Å². The molecule has 0 spiro atoms. The molecule has 0 fully saturated rings. The van der Waals surface area contributed by atoms with Crippen molar-refractivity contribution in [3.63, 3.8) is 0 Å². The number of hydrogen-bond donors (Lipinski definition) is 0. The number of hydrogen-bond acceptors (Lipinski definition) is 5. The van der Waals surface area contributed by atoms with Gasteiger partial charge in [-0.3, -0.25) is 0 Å². The second-order valence-electron chi connectivity index (χ2n) is 14.6. The lowest BCUT2D eigenvalue weighted by Gasteiger charge is -2.12. The zero-order valence-electron chi connectivity index (χ0n) is 31.3. The van der Waals surface area contributed by atoms with Crippen molar-refractivity contribution in [1.29, 1.82) is 0 Å². The van der Waals surface area contributed by atoms with Crippen molar-refractivity contribution in [2.45, 2.75) is 0 Å². The lowest BCUT2D eigenvalue weighted by atomic mass is 9.96. The first-order valence-corrected chi connectivity index (χ1v) is 19.4. The quantitative estimate of drug-likeness (QED) is 0.164. The van der Waals surface area contributed by atoms with Crippen LogP contribution in [0.3, 0.4) is 0 Å². The third kappa shape index (κ3) is 5.10. The minimum Gasteiger partial charge on any atom is -0.456 e. The van der Waals surface area contributed by atoms with Crippen molar-refractivity contribution in [3.05, 3.63) is 187 Å². The third-order valence-electron chi connectivity index (χ3n) is 11.2. The van der Waals surface area contributed by atoms with Gasteiger partial charge < -0.3 is 13.4 Å². The zero-order valence-corrected chi connectivity index (χ0v) is 31.3. The molecule has 8 aromatic carbocycles. The van der Waals surface area contributed by atoms with E-state index in [1.807, 2.05) is 91.0 Å². The van der Waals surface area contributed by atoms with Gasteiger partial charge in [-0.05, 0) is 60.7 Å². The summed E-state index contributed by atoms with van der Waals surface area (Å²) in [5.41, 5.74) is 10.7. The minimum absolute atomic E-state index is 0.505. The Hall–Kier alpha value is -8.34. The lowest BCUT2D eigenvalue weighted by Crippen LogP contribution is -2.01. The van der Waals surface area contributed by atoms with Crippen molar-refractivity contribution in [3.8, 4) is 51.0 Å². The molecule has 59 heavy (non-hydrogen) atoms. The van der Waals surface area contributed by atoms with Gasteiger partial charge in [0.05, 0.1) is 17.6 Å². The number of nitrogens with zero attached hydrogens (tertiary/aromatic N) is 5. The van der Waals surface area contributed by atoms with Crippen molar-refractivity contribution in [1.82, 2.24) is 19.5 Å². The van der Waals surface area contributed by atoms with E-state index in [2.05, 4.69) is 94.3 Å². The summed E-state index contributed by atoms with van der Waals surface area (Å²) in [6.07, 6.45) is 0. The summed E-state index contributed by atoms with van der Waals surface area (Å²) in [6, 6.07) is 59.2. The van der Waals surface area contributed by atoms with Gasteiger partial charge in [-0.1, -0.05) is 115 Å². The lowest BCUT2D eigenvalue weighted by molar-refractivity contribution is 0.665. The zero-order chi connectivity index (χ0) is 39.0. The van der Waals surface area contributed by atoms with E-state index in [0.29, 0.717) is 34.3 Å². The fraction of sp³-hybridized carbons (Fsp3) is 0. The molecule has 0 aliphatic rings. The van der Waals surface area contributed by atoms with Crippen molar-refractivity contribution in [2.24, 2.45) is 0 Å². The molecule has 0 aliphatic heterocycles. The Morgan fingerprint density at radius 2 is 0.983 bits per heavy atom. The molecule has 274 valence electrons. The van der Waals surface area contributed by atoms with Gasteiger partial charge in [0.1, 0.15) is 22.3 Å². The van der Waals surface area contributed by atoms with E-state index in [1.54, 1.807) is 0 Å². The van der Waals surface area contributed by atoms with Gasteiger partial charge in [0.25, 0.3) is 0 Å². The molecule has 0 bridgehead atoms. The molecule has 4 heterocycles. The molecule has 12 aromatic rings. The Kier molecular flexibility index (Phi) is 7.16. The van der Waals surface area contributed by atoms with Crippen LogP contribution in [0, 0.1) is 6.57 Å². The largest absolute Gasteiger partial charge is 0.456 e. The Balaban J connectivity index is 1.16. The van der Waals surface area contributed by atoms with Gasteiger partial charge in [-0.15, -0.1) is 0 Å². The fourth-order valence-corrected chi connectivity index (χ4v) is 8.64. The van der Waals surface area contributed by atoms with Crippen LogP contribution in [0.5, 0.6) is 0 Å². The molecule has 0 saturated heterocycles. The molecule has 7 nitrogen and oxygen atoms in total. The van der Waals surface area contributed by atoms with Crippen LogP contribution in [-0.2, 0) is 0 Å². The van der Waals surface area contributed by atoms with Crippen LogP contribution < -0.4 is 0 Å². The molecule has 0 radical (unpaired) electrons. The number of aromatic nitrogens is 4. The van der Waals surface area contributed by atoms with E-state index in [1.165, 1.54) is 0 Å². The van der Waals surface area contributed by atoms with Crippen molar-refractivity contribution < 1.29 is 8.83 Å². The monoisotopic (exact) mass is 755 g/mol. The van der Waals surface area contributed by atoms with Gasteiger partial charge in [0.15, 0.2) is 23.2 Å². The topological polar surface area (TPSA) is 74.2 Å². The van der Waals surface area contributed by atoms with Crippen molar-refractivity contribution >= 4 is 71.4 Å². The number of furan rings is 2. The molecule has 4 aromatic heterocycles. The second kappa shape index (κ2) is 12.8. The summed E-state index contributed by atoms with van der Waals surface area (Å²) in [5.74, 6) is 1.62. The summed E-state index contributed by atoms with van der Waals surface area (Å²) < 4.78 is 15.5. The normalized spacial score (nSPS) is 11.7. The van der Waals surface area contributed by atoms with E-state index in [9.17, 15) is 0 Å². The Labute approximate surface area is 336 Å². The minimum atomic E-state index is 0.505. The molecule has 12 rings (SSSR count). The molecule has 0 atom stereocenters. The molecule has 0 amide bonds. The molecule has 0 N–H and O–H groups in total. The van der Waals surface area contributed by atoms with E-state index in [-0.39, 0.29) is 0 Å². The summed E-state index contributed by atoms with van der Waals surface area (Å²) in [5, 5.41) is 5.85. The average Bonchev–Trinajstić information content (AvgIpc) is 3.98. The van der Waals surface area contributed by atoms with Gasteiger partial charge >= 0.3 is 0 Å². The van der Waals surface area contributed by atoms with Crippen LogP contribution >= 0.6 is 0 Å². The van der Waals surface area contributed by atoms with Gasteiger partial charge in [-0.2, -0.15) is 0 Å². The Morgan fingerprint density at radius 1 is 0.424 bits per heavy atom. The predicted molar refractivity (Wildman–Crippen MR) is 237 cm³/mol. The van der Waals surface area contributed by atoms with Crippen LogP contribution in [0.2, 0.25) is 0 Å². The van der Waals surface area contributed by atoms with Gasteiger partial charge in [0, 0.05) is 65.8 Å². The van der Waals surface area contributed by atoms with E-state index in [0.717, 1.165) is 88.0 Å². The van der Waals surface area contributed by atoms with Crippen LogP contribution in [0.4, 0.5) is 5.69 Å². The van der Waals surface area contributed by atoms with Gasteiger partial charge in [-0.25, -0.2) is 19.8 Å². The van der Waals surface area contributed by atoms with Crippen LogP contribution in [0.1, 0.15) is 0 Å². The molecule has 0 saturated carbocycles. The Bertz CT molecular complexity index is 3690. The molecule has 7 heteroatoms. The maximum absolute atomic E-state index is 8.08. The highest BCUT2D eigenvalue weighted by molar-refractivity contribution is 6.17. The Morgan fingerprint density at radius 3 is 1.69 bits per heavy atom. The van der Waals surface area contributed by atoms with Crippen LogP contribution in [-0.4, -0.2) is 19.5 Å². The first-order valence-electron chi connectivity index (χ1n) is 19.4. The molecular formula is C52H29N5O2. The second-order valence-corrected chi connectivity index (χ2v) is 14.6.